The number of halogens is 2. The molecular weight excluding hydrogens is 295 g/mol. The standard InChI is InChI=1S/C11H12BrFO4/c1-5(11(14)15)8-9(12)6(13)4-7(16-2)10(8)17-3/h4-5H,1-3H3,(H,14,15). The molecule has 0 radical (unpaired) electrons. The minimum absolute atomic E-state index is 0.0741. The Morgan fingerprint density at radius 2 is 2.06 bits per heavy atom. The Balaban J connectivity index is 3.53. The molecule has 0 aliphatic rings. The highest BCUT2D eigenvalue weighted by molar-refractivity contribution is 9.10. The molecule has 1 aromatic carbocycles. The fourth-order valence-corrected chi connectivity index (χ4v) is 2.12. The van der Waals surface area contributed by atoms with Crippen LogP contribution >= 0.6 is 15.9 Å². The van der Waals surface area contributed by atoms with Crippen molar-refractivity contribution in [2.45, 2.75) is 12.8 Å². The average Bonchev–Trinajstić information content (AvgIpc) is 2.30. The normalized spacial score (nSPS) is 12.1. The van der Waals surface area contributed by atoms with Gasteiger partial charge in [-0.1, -0.05) is 0 Å². The van der Waals surface area contributed by atoms with Gasteiger partial charge in [-0.05, 0) is 22.9 Å². The summed E-state index contributed by atoms with van der Waals surface area (Å²) in [5.74, 6) is -2.20. The summed E-state index contributed by atoms with van der Waals surface area (Å²) < 4.78 is 23.7. The average molecular weight is 307 g/mol. The fraction of sp³-hybridized carbons (Fsp3) is 0.364. The van der Waals surface area contributed by atoms with Crippen LogP contribution in [0.15, 0.2) is 10.5 Å². The molecule has 0 aliphatic heterocycles. The second-order valence-electron chi connectivity index (χ2n) is 3.38. The third-order valence-corrected chi connectivity index (χ3v) is 3.21. The Morgan fingerprint density at radius 1 is 1.47 bits per heavy atom. The van der Waals surface area contributed by atoms with Crippen LogP contribution in [0.5, 0.6) is 11.5 Å². The maximum absolute atomic E-state index is 13.6. The van der Waals surface area contributed by atoms with Gasteiger partial charge in [0.2, 0.25) is 0 Å². The van der Waals surface area contributed by atoms with Crippen molar-refractivity contribution in [2.24, 2.45) is 0 Å². The van der Waals surface area contributed by atoms with Crippen molar-refractivity contribution in [3.63, 3.8) is 0 Å². The van der Waals surface area contributed by atoms with Crippen LogP contribution < -0.4 is 9.47 Å². The summed E-state index contributed by atoms with van der Waals surface area (Å²) in [4.78, 5) is 11.0. The Labute approximate surface area is 106 Å². The van der Waals surface area contributed by atoms with E-state index in [1.807, 2.05) is 0 Å². The maximum Gasteiger partial charge on any atom is 0.310 e. The summed E-state index contributed by atoms with van der Waals surface area (Å²) >= 11 is 3.03. The van der Waals surface area contributed by atoms with E-state index >= 15 is 0 Å². The van der Waals surface area contributed by atoms with E-state index in [1.165, 1.54) is 21.1 Å². The van der Waals surface area contributed by atoms with Crippen LogP contribution in [0.1, 0.15) is 18.4 Å². The van der Waals surface area contributed by atoms with E-state index in [4.69, 9.17) is 14.6 Å². The first-order chi connectivity index (χ1) is 7.93. The van der Waals surface area contributed by atoms with E-state index in [1.54, 1.807) is 0 Å². The molecule has 0 aromatic heterocycles. The minimum Gasteiger partial charge on any atom is -0.493 e. The molecule has 0 fully saturated rings. The molecule has 0 bridgehead atoms. The van der Waals surface area contributed by atoms with Gasteiger partial charge in [-0.15, -0.1) is 0 Å². The summed E-state index contributed by atoms with van der Waals surface area (Å²) in [5, 5.41) is 8.99. The molecule has 1 N–H and O–H groups in total. The molecule has 4 nitrogen and oxygen atoms in total. The molecule has 94 valence electrons. The quantitative estimate of drug-likeness (QED) is 0.929. The van der Waals surface area contributed by atoms with Crippen LogP contribution in [0.4, 0.5) is 4.39 Å². The van der Waals surface area contributed by atoms with Gasteiger partial charge in [0.15, 0.2) is 11.5 Å². The van der Waals surface area contributed by atoms with Crippen LogP contribution in [0.3, 0.4) is 0 Å². The number of carboxylic acids is 1. The van der Waals surface area contributed by atoms with Gasteiger partial charge in [-0.2, -0.15) is 0 Å². The van der Waals surface area contributed by atoms with E-state index < -0.39 is 17.7 Å². The Kier molecular flexibility index (Phi) is 4.34. The number of hydrogen-bond acceptors (Lipinski definition) is 3. The minimum atomic E-state index is -1.07. The van der Waals surface area contributed by atoms with Crippen LogP contribution in [0.25, 0.3) is 0 Å². The van der Waals surface area contributed by atoms with Crippen LogP contribution in [0, 0.1) is 5.82 Å². The second kappa shape index (κ2) is 5.35. The Hall–Kier alpha value is -1.30. The van der Waals surface area contributed by atoms with Crippen molar-refractivity contribution in [1.29, 1.82) is 0 Å². The number of aliphatic carboxylic acids is 1. The molecule has 1 aromatic rings. The lowest BCUT2D eigenvalue weighted by Gasteiger charge is -2.17. The zero-order valence-electron chi connectivity index (χ0n) is 9.58. The van der Waals surface area contributed by atoms with Gasteiger partial charge in [0.05, 0.1) is 24.6 Å². The van der Waals surface area contributed by atoms with Crippen LogP contribution in [-0.4, -0.2) is 25.3 Å². The van der Waals surface area contributed by atoms with Gasteiger partial charge in [-0.3, -0.25) is 4.79 Å². The van der Waals surface area contributed by atoms with Crippen molar-refractivity contribution in [2.75, 3.05) is 14.2 Å². The number of methoxy groups -OCH3 is 2. The lowest BCUT2D eigenvalue weighted by atomic mass is 9.99. The van der Waals surface area contributed by atoms with E-state index in [0.717, 1.165) is 6.07 Å². The molecule has 6 heteroatoms. The molecule has 0 saturated heterocycles. The Morgan fingerprint density at radius 3 is 2.47 bits per heavy atom. The molecule has 1 atom stereocenters. The van der Waals surface area contributed by atoms with Gasteiger partial charge in [0.1, 0.15) is 5.82 Å². The first-order valence-corrected chi connectivity index (χ1v) is 5.56. The van der Waals surface area contributed by atoms with Crippen molar-refractivity contribution in [3.05, 3.63) is 21.9 Å². The predicted octanol–water partition coefficient (Wildman–Crippen LogP) is 2.79. The molecule has 0 amide bonds. The van der Waals surface area contributed by atoms with Gasteiger partial charge < -0.3 is 14.6 Å². The van der Waals surface area contributed by atoms with Gasteiger partial charge in [0, 0.05) is 11.6 Å². The van der Waals surface area contributed by atoms with Crippen LogP contribution in [0.2, 0.25) is 0 Å². The van der Waals surface area contributed by atoms with Crippen molar-refractivity contribution >= 4 is 21.9 Å². The molecular formula is C11H12BrFO4. The highest BCUT2D eigenvalue weighted by Gasteiger charge is 2.26. The molecule has 1 unspecified atom stereocenters. The van der Waals surface area contributed by atoms with E-state index in [-0.39, 0.29) is 21.5 Å². The van der Waals surface area contributed by atoms with Crippen molar-refractivity contribution in [3.8, 4) is 11.5 Å². The maximum atomic E-state index is 13.6. The zero-order chi connectivity index (χ0) is 13.2. The largest absolute Gasteiger partial charge is 0.493 e. The van der Waals surface area contributed by atoms with E-state index in [2.05, 4.69) is 15.9 Å². The number of rotatable bonds is 4. The van der Waals surface area contributed by atoms with Gasteiger partial charge in [-0.25, -0.2) is 4.39 Å². The zero-order valence-corrected chi connectivity index (χ0v) is 11.2. The number of benzene rings is 1. The third-order valence-electron chi connectivity index (χ3n) is 2.40. The van der Waals surface area contributed by atoms with E-state index in [9.17, 15) is 9.18 Å². The molecule has 0 heterocycles. The first-order valence-electron chi connectivity index (χ1n) is 4.76. The number of carboxylic acid groups (broad SMARTS) is 1. The smallest absolute Gasteiger partial charge is 0.310 e. The highest BCUT2D eigenvalue weighted by Crippen LogP contribution is 2.42. The SMILES string of the molecule is COc1cc(F)c(Br)c(C(C)C(=O)O)c1OC. The molecule has 0 spiro atoms. The summed E-state index contributed by atoms with van der Waals surface area (Å²) in [7, 11) is 2.74. The summed E-state index contributed by atoms with van der Waals surface area (Å²) in [6.07, 6.45) is 0. The topological polar surface area (TPSA) is 55.8 Å². The second-order valence-corrected chi connectivity index (χ2v) is 4.17. The van der Waals surface area contributed by atoms with Gasteiger partial charge in [0.25, 0.3) is 0 Å². The third kappa shape index (κ3) is 2.52. The van der Waals surface area contributed by atoms with Crippen molar-refractivity contribution < 1.29 is 23.8 Å². The Bertz CT molecular complexity index is 448. The number of carbonyl (C=O) groups is 1. The molecule has 1 rings (SSSR count). The molecule has 0 saturated carbocycles. The fourth-order valence-electron chi connectivity index (χ4n) is 1.48. The van der Waals surface area contributed by atoms with Gasteiger partial charge >= 0.3 is 5.97 Å². The summed E-state index contributed by atoms with van der Waals surface area (Å²) in [6, 6.07) is 1.14. The van der Waals surface area contributed by atoms with Crippen molar-refractivity contribution in [1.82, 2.24) is 0 Å². The summed E-state index contributed by atoms with van der Waals surface area (Å²) in [6.45, 7) is 1.45. The molecule has 0 aliphatic carbocycles. The number of ether oxygens (including phenoxy) is 2. The highest BCUT2D eigenvalue weighted by atomic mass is 79.9. The predicted molar refractivity (Wildman–Crippen MR) is 63.3 cm³/mol. The first kappa shape index (κ1) is 13.8. The number of hydrogen-bond donors (Lipinski definition) is 1. The summed E-state index contributed by atoms with van der Waals surface area (Å²) in [5.41, 5.74) is 0.219. The lowest BCUT2D eigenvalue weighted by Crippen LogP contribution is -2.11. The van der Waals surface area contributed by atoms with E-state index in [0.29, 0.717) is 0 Å². The lowest BCUT2D eigenvalue weighted by molar-refractivity contribution is -0.138. The molecule has 17 heavy (non-hydrogen) atoms. The monoisotopic (exact) mass is 306 g/mol. The van der Waals surface area contributed by atoms with Crippen LogP contribution in [-0.2, 0) is 4.79 Å².